The quantitative estimate of drug-likeness (QED) is 0.834. The number of rotatable bonds is 6. The largest absolute Gasteiger partial charge is 0.492 e. The molecule has 0 bridgehead atoms. The van der Waals surface area contributed by atoms with Crippen LogP contribution in [0.15, 0.2) is 30.3 Å². The van der Waals surface area contributed by atoms with Crippen molar-refractivity contribution < 1.29 is 9.53 Å². The summed E-state index contributed by atoms with van der Waals surface area (Å²) in [6.07, 6.45) is 0. The first-order valence-corrected chi connectivity index (χ1v) is 7.59. The van der Waals surface area contributed by atoms with Gasteiger partial charge in [-0.25, -0.2) is 0 Å². The molecular formula is C16H27Cl2N3O2. The molecule has 0 aromatic heterocycles. The van der Waals surface area contributed by atoms with Crippen molar-refractivity contribution in [3.8, 4) is 5.75 Å². The molecule has 2 rings (SSSR count). The predicted octanol–water partition coefficient (Wildman–Crippen LogP) is 1.65. The van der Waals surface area contributed by atoms with Gasteiger partial charge >= 0.3 is 0 Å². The van der Waals surface area contributed by atoms with E-state index in [4.69, 9.17) is 10.5 Å². The maximum absolute atomic E-state index is 12.0. The molecule has 1 atom stereocenters. The lowest BCUT2D eigenvalue weighted by Crippen LogP contribution is -2.51. The standard InChI is InChI=1S/C16H25N3O2.2ClH/c1-14(13-17)16(20)19-9-7-18(8-10-19)11-12-21-15-5-3-2-4-6-15;;/h2-6,14H,7-13,17H2,1H3;2*1H. The molecule has 0 saturated carbocycles. The van der Waals surface area contributed by atoms with Crippen molar-refractivity contribution in [2.45, 2.75) is 6.92 Å². The zero-order chi connectivity index (χ0) is 15.1. The van der Waals surface area contributed by atoms with Crippen molar-refractivity contribution in [1.82, 2.24) is 9.80 Å². The van der Waals surface area contributed by atoms with E-state index in [9.17, 15) is 4.79 Å². The number of amides is 1. The molecule has 132 valence electrons. The lowest BCUT2D eigenvalue weighted by atomic mass is 10.1. The van der Waals surface area contributed by atoms with Crippen LogP contribution in [-0.2, 0) is 4.79 Å². The van der Waals surface area contributed by atoms with Gasteiger partial charge in [-0.1, -0.05) is 25.1 Å². The van der Waals surface area contributed by atoms with E-state index in [1.165, 1.54) is 0 Å². The van der Waals surface area contributed by atoms with Gasteiger partial charge in [-0.15, -0.1) is 24.8 Å². The highest BCUT2D eigenvalue weighted by Crippen LogP contribution is 2.09. The average molecular weight is 364 g/mol. The average Bonchev–Trinajstić information content (AvgIpc) is 2.55. The van der Waals surface area contributed by atoms with E-state index in [-0.39, 0.29) is 36.6 Å². The van der Waals surface area contributed by atoms with E-state index in [1.807, 2.05) is 42.2 Å². The summed E-state index contributed by atoms with van der Waals surface area (Å²) < 4.78 is 5.70. The first-order valence-electron chi connectivity index (χ1n) is 7.59. The Morgan fingerprint density at radius 3 is 2.35 bits per heavy atom. The van der Waals surface area contributed by atoms with E-state index < -0.39 is 0 Å². The predicted molar refractivity (Wildman–Crippen MR) is 97.7 cm³/mol. The van der Waals surface area contributed by atoms with Crippen LogP contribution in [0.1, 0.15) is 6.92 Å². The third kappa shape index (κ3) is 6.96. The van der Waals surface area contributed by atoms with E-state index in [2.05, 4.69) is 4.90 Å². The molecule has 1 aromatic carbocycles. The topological polar surface area (TPSA) is 58.8 Å². The zero-order valence-electron chi connectivity index (χ0n) is 13.5. The summed E-state index contributed by atoms with van der Waals surface area (Å²) in [5, 5.41) is 0. The number of hydrogen-bond donors (Lipinski definition) is 1. The molecule has 7 heteroatoms. The number of carbonyl (C=O) groups is 1. The van der Waals surface area contributed by atoms with Gasteiger partial charge in [0.2, 0.25) is 5.91 Å². The minimum absolute atomic E-state index is 0. The molecule has 1 amide bonds. The molecule has 0 radical (unpaired) electrons. The second-order valence-electron chi connectivity index (χ2n) is 5.47. The molecule has 5 nitrogen and oxygen atoms in total. The second-order valence-corrected chi connectivity index (χ2v) is 5.47. The highest BCUT2D eigenvalue weighted by atomic mass is 35.5. The van der Waals surface area contributed by atoms with E-state index in [0.29, 0.717) is 13.2 Å². The van der Waals surface area contributed by atoms with Crippen LogP contribution < -0.4 is 10.5 Å². The molecule has 23 heavy (non-hydrogen) atoms. The highest BCUT2D eigenvalue weighted by Gasteiger charge is 2.23. The number of ether oxygens (including phenoxy) is 1. The molecule has 0 spiro atoms. The third-order valence-electron chi connectivity index (χ3n) is 3.88. The van der Waals surface area contributed by atoms with Crippen LogP contribution in [0, 0.1) is 5.92 Å². The number of para-hydroxylation sites is 1. The third-order valence-corrected chi connectivity index (χ3v) is 3.88. The molecule has 0 aliphatic carbocycles. The van der Waals surface area contributed by atoms with Gasteiger partial charge in [-0.3, -0.25) is 9.69 Å². The zero-order valence-corrected chi connectivity index (χ0v) is 15.2. The van der Waals surface area contributed by atoms with Crippen molar-refractivity contribution in [1.29, 1.82) is 0 Å². The van der Waals surface area contributed by atoms with Gasteiger partial charge in [0.05, 0.1) is 0 Å². The molecule has 1 unspecified atom stereocenters. The van der Waals surface area contributed by atoms with E-state index in [1.54, 1.807) is 0 Å². The fourth-order valence-electron chi connectivity index (χ4n) is 2.41. The minimum atomic E-state index is -0.0713. The Morgan fingerprint density at radius 1 is 1.17 bits per heavy atom. The molecule has 1 aliphatic heterocycles. The summed E-state index contributed by atoms with van der Waals surface area (Å²) in [6, 6.07) is 9.84. The van der Waals surface area contributed by atoms with Crippen LogP contribution in [0.5, 0.6) is 5.75 Å². The van der Waals surface area contributed by atoms with Crippen LogP contribution in [-0.4, -0.2) is 61.6 Å². The smallest absolute Gasteiger partial charge is 0.226 e. The second kappa shape index (κ2) is 11.5. The normalized spacial score (nSPS) is 16.0. The number of carbonyl (C=O) groups excluding carboxylic acids is 1. The molecule has 1 fully saturated rings. The monoisotopic (exact) mass is 363 g/mol. The SMILES string of the molecule is CC(CN)C(=O)N1CCN(CCOc2ccccc2)CC1.Cl.Cl. The Labute approximate surface area is 151 Å². The molecular weight excluding hydrogens is 337 g/mol. The Morgan fingerprint density at radius 2 is 1.78 bits per heavy atom. The van der Waals surface area contributed by atoms with Gasteiger partial charge in [-0.2, -0.15) is 0 Å². The number of nitrogens with zero attached hydrogens (tertiary/aromatic N) is 2. The lowest BCUT2D eigenvalue weighted by molar-refractivity contribution is -0.136. The molecule has 1 saturated heterocycles. The van der Waals surface area contributed by atoms with Crippen LogP contribution in [0.25, 0.3) is 0 Å². The van der Waals surface area contributed by atoms with Crippen molar-refractivity contribution in [2.75, 3.05) is 45.9 Å². The van der Waals surface area contributed by atoms with Crippen LogP contribution >= 0.6 is 24.8 Å². The number of halogens is 2. The summed E-state index contributed by atoms with van der Waals surface area (Å²) in [7, 11) is 0. The van der Waals surface area contributed by atoms with Gasteiger partial charge in [0.15, 0.2) is 0 Å². The molecule has 1 aromatic rings. The van der Waals surface area contributed by atoms with Gasteiger partial charge in [0.1, 0.15) is 12.4 Å². The Balaban J connectivity index is 0.00000242. The highest BCUT2D eigenvalue weighted by molar-refractivity contribution is 5.85. The first kappa shape index (κ1) is 22.0. The van der Waals surface area contributed by atoms with Gasteiger partial charge in [-0.05, 0) is 12.1 Å². The minimum Gasteiger partial charge on any atom is -0.492 e. The maximum Gasteiger partial charge on any atom is 0.226 e. The number of hydrogen-bond acceptors (Lipinski definition) is 4. The number of nitrogens with two attached hydrogens (primary N) is 1. The van der Waals surface area contributed by atoms with Crippen molar-refractivity contribution >= 4 is 30.7 Å². The summed E-state index contributed by atoms with van der Waals surface area (Å²) >= 11 is 0. The summed E-state index contributed by atoms with van der Waals surface area (Å²) in [4.78, 5) is 16.3. The van der Waals surface area contributed by atoms with Crippen LogP contribution in [0.2, 0.25) is 0 Å². The van der Waals surface area contributed by atoms with Gasteiger partial charge in [0, 0.05) is 45.2 Å². The maximum atomic E-state index is 12.0. The van der Waals surface area contributed by atoms with Gasteiger partial charge < -0.3 is 15.4 Å². The summed E-state index contributed by atoms with van der Waals surface area (Å²) in [5.41, 5.74) is 5.55. The first-order chi connectivity index (χ1) is 10.2. The van der Waals surface area contributed by atoms with Crippen LogP contribution in [0.3, 0.4) is 0 Å². The number of benzene rings is 1. The molecule has 2 N–H and O–H groups in total. The molecule has 1 aliphatic rings. The van der Waals surface area contributed by atoms with E-state index in [0.717, 1.165) is 38.5 Å². The number of piperazine rings is 1. The van der Waals surface area contributed by atoms with Crippen molar-refractivity contribution in [3.05, 3.63) is 30.3 Å². The Bertz CT molecular complexity index is 440. The van der Waals surface area contributed by atoms with Crippen LogP contribution in [0.4, 0.5) is 0 Å². The summed E-state index contributed by atoms with van der Waals surface area (Å²) in [5.74, 6) is 1.01. The summed E-state index contributed by atoms with van der Waals surface area (Å²) in [6.45, 7) is 7.26. The fourth-order valence-corrected chi connectivity index (χ4v) is 2.41. The Hall–Kier alpha value is -1.01. The van der Waals surface area contributed by atoms with Crippen molar-refractivity contribution in [2.24, 2.45) is 11.7 Å². The van der Waals surface area contributed by atoms with E-state index >= 15 is 0 Å². The Kier molecular flexibility index (Phi) is 11.0. The van der Waals surface area contributed by atoms with Crippen molar-refractivity contribution in [3.63, 3.8) is 0 Å². The fraction of sp³-hybridized carbons (Fsp3) is 0.562. The lowest BCUT2D eigenvalue weighted by Gasteiger charge is -2.35. The van der Waals surface area contributed by atoms with Gasteiger partial charge in [0.25, 0.3) is 0 Å². The molecule has 1 heterocycles.